The molecule has 0 saturated heterocycles. The van der Waals surface area contributed by atoms with Gasteiger partial charge in [-0.05, 0) is 26.0 Å². The molecular formula is C9H10F2O. The van der Waals surface area contributed by atoms with E-state index < -0.39 is 11.6 Å². The van der Waals surface area contributed by atoms with Crippen molar-refractivity contribution in [3.8, 4) is 5.75 Å². The van der Waals surface area contributed by atoms with E-state index in [1.54, 1.807) is 6.92 Å². The highest BCUT2D eigenvalue weighted by molar-refractivity contribution is 5.33. The van der Waals surface area contributed by atoms with Crippen LogP contribution in [0.1, 0.15) is 12.5 Å². The monoisotopic (exact) mass is 172 g/mol. The largest absolute Gasteiger partial charge is 0.493 e. The molecule has 0 unspecified atom stereocenters. The van der Waals surface area contributed by atoms with Crippen LogP contribution >= 0.6 is 0 Å². The lowest BCUT2D eigenvalue weighted by atomic mass is 10.2. The number of hydrogen-bond acceptors (Lipinski definition) is 1. The van der Waals surface area contributed by atoms with E-state index in [-0.39, 0.29) is 5.56 Å². The molecule has 1 rings (SSSR count). The Morgan fingerprint density at radius 1 is 1.33 bits per heavy atom. The maximum absolute atomic E-state index is 12.9. The van der Waals surface area contributed by atoms with E-state index in [1.807, 2.05) is 0 Å². The zero-order chi connectivity index (χ0) is 9.14. The van der Waals surface area contributed by atoms with Crippen LogP contribution in [0.4, 0.5) is 8.78 Å². The van der Waals surface area contributed by atoms with Gasteiger partial charge in [-0.25, -0.2) is 8.78 Å². The van der Waals surface area contributed by atoms with Gasteiger partial charge in [0.25, 0.3) is 0 Å². The third-order valence-corrected chi connectivity index (χ3v) is 1.59. The number of rotatable bonds is 2. The SMILES string of the molecule is CCOc1ccc(F)c(F)c1C. The molecule has 0 atom stereocenters. The fourth-order valence-corrected chi connectivity index (χ4v) is 0.946. The second kappa shape index (κ2) is 3.52. The molecule has 0 fully saturated rings. The summed E-state index contributed by atoms with van der Waals surface area (Å²) in [5, 5.41) is 0. The summed E-state index contributed by atoms with van der Waals surface area (Å²) >= 11 is 0. The molecule has 66 valence electrons. The van der Waals surface area contributed by atoms with Crippen LogP contribution in [0, 0.1) is 18.6 Å². The van der Waals surface area contributed by atoms with Gasteiger partial charge in [0.2, 0.25) is 0 Å². The molecule has 0 aliphatic carbocycles. The topological polar surface area (TPSA) is 9.23 Å². The van der Waals surface area contributed by atoms with E-state index in [9.17, 15) is 8.78 Å². The van der Waals surface area contributed by atoms with Crippen molar-refractivity contribution >= 4 is 0 Å². The van der Waals surface area contributed by atoms with Crippen LogP contribution in [-0.4, -0.2) is 6.61 Å². The van der Waals surface area contributed by atoms with E-state index in [4.69, 9.17) is 4.74 Å². The molecule has 0 radical (unpaired) electrons. The minimum absolute atomic E-state index is 0.219. The third kappa shape index (κ3) is 1.55. The second-order valence-corrected chi connectivity index (χ2v) is 2.42. The van der Waals surface area contributed by atoms with Crippen LogP contribution in [0.15, 0.2) is 12.1 Å². The van der Waals surface area contributed by atoms with Crippen molar-refractivity contribution in [1.82, 2.24) is 0 Å². The Morgan fingerprint density at radius 3 is 2.58 bits per heavy atom. The van der Waals surface area contributed by atoms with Crippen molar-refractivity contribution in [2.75, 3.05) is 6.61 Å². The summed E-state index contributed by atoms with van der Waals surface area (Å²) in [5.41, 5.74) is 0.219. The predicted octanol–water partition coefficient (Wildman–Crippen LogP) is 2.67. The first-order valence-electron chi connectivity index (χ1n) is 3.74. The standard InChI is InChI=1S/C9H10F2O/c1-3-12-8-5-4-7(10)9(11)6(8)2/h4-5H,3H2,1-2H3. The Bertz CT molecular complexity index is 284. The highest BCUT2D eigenvalue weighted by atomic mass is 19.2. The predicted molar refractivity (Wildman–Crippen MR) is 42.3 cm³/mol. The zero-order valence-corrected chi connectivity index (χ0v) is 7.03. The molecule has 1 aromatic carbocycles. The van der Waals surface area contributed by atoms with Crippen molar-refractivity contribution in [2.45, 2.75) is 13.8 Å². The molecular weight excluding hydrogens is 162 g/mol. The molecule has 0 bridgehead atoms. The minimum atomic E-state index is -0.837. The quantitative estimate of drug-likeness (QED) is 0.666. The smallest absolute Gasteiger partial charge is 0.165 e. The van der Waals surface area contributed by atoms with Gasteiger partial charge in [-0.3, -0.25) is 0 Å². The number of benzene rings is 1. The van der Waals surface area contributed by atoms with Gasteiger partial charge in [0.15, 0.2) is 11.6 Å². The third-order valence-electron chi connectivity index (χ3n) is 1.59. The molecule has 0 heterocycles. The van der Waals surface area contributed by atoms with Crippen LogP contribution in [0.3, 0.4) is 0 Å². The lowest BCUT2D eigenvalue weighted by molar-refractivity contribution is 0.333. The molecule has 0 aliphatic heterocycles. The first-order chi connectivity index (χ1) is 5.66. The van der Waals surface area contributed by atoms with Crippen LogP contribution in [0.2, 0.25) is 0 Å². The zero-order valence-electron chi connectivity index (χ0n) is 7.03. The van der Waals surface area contributed by atoms with E-state index in [0.717, 1.165) is 6.07 Å². The Morgan fingerprint density at radius 2 is 2.00 bits per heavy atom. The first kappa shape index (κ1) is 8.97. The molecule has 1 nitrogen and oxygen atoms in total. The molecule has 0 amide bonds. The summed E-state index contributed by atoms with van der Waals surface area (Å²) < 4.78 is 30.5. The van der Waals surface area contributed by atoms with Crippen LogP contribution in [0.5, 0.6) is 5.75 Å². The van der Waals surface area contributed by atoms with E-state index in [2.05, 4.69) is 0 Å². The van der Waals surface area contributed by atoms with E-state index in [1.165, 1.54) is 13.0 Å². The van der Waals surface area contributed by atoms with Crippen molar-refractivity contribution in [3.05, 3.63) is 29.3 Å². The molecule has 3 heteroatoms. The van der Waals surface area contributed by atoms with E-state index >= 15 is 0 Å². The second-order valence-electron chi connectivity index (χ2n) is 2.42. The highest BCUT2D eigenvalue weighted by Gasteiger charge is 2.09. The van der Waals surface area contributed by atoms with Gasteiger partial charge < -0.3 is 4.74 Å². The number of halogens is 2. The fraction of sp³-hybridized carbons (Fsp3) is 0.333. The summed E-state index contributed by atoms with van der Waals surface area (Å²) in [5.74, 6) is -1.27. The van der Waals surface area contributed by atoms with Crippen LogP contribution in [0.25, 0.3) is 0 Å². The summed E-state index contributed by atoms with van der Waals surface area (Å²) in [7, 11) is 0. The molecule has 0 saturated carbocycles. The molecule has 1 aromatic rings. The van der Waals surface area contributed by atoms with Gasteiger partial charge in [-0.15, -0.1) is 0 Å². The van der Waals surface area contributed by atoms with Crippen molar-refractivity contribution in [3.63, 3.8) is 0 Å². The molecule has 0 N–H and O–H groups in total. The van der Waals surface area contributed by atoms with Crippen LogP contribution in [-0.2, 0) is 0 Å². The van der Waals surface area contributed by atoms with Gasteiger partial charge in [0.1, 0.15) is 5.75 Å². The lowest BCUT2D eigenvalue weighted by Crippen LogP contribution is -1.97. The number of hydrogen-bond donors (Lipinski definition) is 0. The van der Waals surface area contributed by atoms with E-state index in [0.29, 0.717) is 12.4 Å². The molecule has 0 aliphatic rings. The Kier molecular flexibility index (Phi) is 2.63. The highest BCUT2D eigenvalue weighted by Crippen LogP contribution is 2.22. The minimum Gasteiger partial charge on any atom is -0.493 e. The Labute approximate surface area is 70.0 Å². The van der Waals surface area contributed by atoms with Crippen molar-refractivity contribution < 1.29 is 13.5 Å². The maximum Gasteiger partial charge on any atom is 0.165 e. The molecule has 0 spiro atoms. The summed E-state index contributed by atoms with van der Waals surface area (Å²) in [4.78, 5) is 0. The van der Waals surface area contributed by atoms with Gasteiger partial charge in [-0.1, -0.05) is 0 Å². The maximum atomic E-state index is 12.9. The van der Waals surface area contributed by atoms with Gasteiger partial charge in [0, 0.05) is 5.56 Å². The average Bonchev–Trinajstić information content (AvgIpc) is 2.07. The molecule has 12 heavy (non-hydrogen) atoms. The van der Waals surface area contributed by atoms with Gasteiger partial charge in [-0.2, -0.15) is 0 Å². The lowest BCUT2D eigenvalue weighted by Gasteiger charge is -2.07. The van der Waals surface area contributed by atoms with Crippen molar-refractivity contribution in [2.24, 2.45) is 0 Å². The average molecular weight is 172 g/mol. The van der Waals surface area contributed by atoms with Crippen molar-refractivity contribution in [1.29, 1.82) is 0 Å². The van der Waals surface area contributed by atoms with Crippen LogP contribution < -0.4 is 4.74 Å². The molecule has 0 aromatic heterocycles. The normalized spacial score (nSPS) is 10.0. The summed E-state index contributed by atoms with van der Waals surface area (Å²) in [6.45, 7) is 3.73. The number of ether oxygens (including phenoxy) is 1. The van der Waals surface area contributed by atoms with Gasteiger partial charge in [0.05, 0.1) is 6.61 Å². The summed E-state index contributed by atoms with van der Waals surface area (Å²) in [6.07, 6.45) is 0. The Hall–Kier alpha value is -1.12. The van der Waals surface area contributed by atoms with Gasteiger partial charge >= 0.3 is 0 Å². The summed E-state index contributed by atoms with van der Waals surface area (Å²) in [6, 6.07) is 2.49. The Balaban J connectivity index is 3.08. The fourth-order valence-electron chi connectivity index (χ4n) is 0.946. The first-order valence-corrected chi connectivity index (χ1v) is 3.74.